The molecule has 0 aliphatic carbocycles. The third-order valence-corrected chi connectivity index (χ3v) is 5.19. The molecular weight excluding hydrogens is 400 g/mol. The van der Waals surface area contributed by atoms with Crippen LogP contribution in [0.15, 0.2) is 76.9 Å². The Balaban J connectivity index is 2.06. The number of ketones is 1. The van der Waals surface area contributed by atoms with Crippen LogP contribution in [-0.2, 0) is 0 Å². The van der Waals surface area contributed by atoms with Gasteiger partial charge in [0.2, 0.25) is 0 Å². The number of benzene rings is 2. The summed E-state index contributed by atoms with van der Waals surface area (Å²) in [6.07, 6.45) is 6.84. The minimum absolute atomic E-state index is 0.0428. The fourth-order valence-electron chi connectivity index (χ4n) is 3.24. The Kier molecular flexibility index (Phi) is 6.62. The van der Waals surface area contributed by atoms with Crippen LogP contribution in [0.3, 0.4) is 0 Å². The molecule has 0 saturated carbocycles. The number of hydrogen-bond donors (Lipinski definition) is 0. The van der Waals surface area contributed by atoms with Gasteiger partial charge in [-0.05, 0) is 43.0 Å². The lowest BCUT2D eigenvalue weighted by molar-refractivity contribution is 0.105. The fourth-order valence-corrected chi connectivity index (χ4v) is 3.51. The van der Waals surface area contributed by atoms with Crippen LogP contribution in [0.2, 0.25) is 0 Å². The van der Waals surface area contributed by atoms with E-state index in [2.05, 4.69) is 26.9 Å². The maximum atomic E-state index is 13.2. The third kappa shape index (κ3) is 4.96. The molecule has 0 N–H and O–H groups in total. The van der Waals surface area contributed by atoms with Crippen LogP contribution in [0.5, 0.6) is 0 Å². The molecule has 1 heterocycles. The number of carbonyl (C=O) groups is 1. The number of nitriles is 1. The number of Topliss-reactive ketones (excluding diaryl/α,β-unsaturated/α-hetero) is 1. The number of rotatable bonds is 5. The second kappa shape index (κ2) is 9.34. The summed E-state index contributed by atoms with van der Waals surface area (Å²) in [5.41, 5.74) is 2.88. The molecule has 0 unspecified atom stereocenters. The molecule has 4 heteroatoms. The van der Waals surface area contributed by atoms with Gasteiger partial charge in [-0.3, -0.25) is 4.79 Å². The molecule has 0 spiro atoms. The highest BCUT2D eigenvalue weighted by molar-refractivity contribution is 9.10. The van der Waals surface area contributed by atoms with Gasteiger partial charge in [0.15, 0.2) is 5.78 Å². The Morgan fingerprint density at radius 3 is 2.26 bits per heavy atom. The Morgan fingerprint density at radius 2 is 1.63 bits per heavy atom. The van der Waals surface area contributed by atoms with Gasteiger partial charge >= 0.3 is 0 Å². The minimum atomic E-state index is -0.0428. The lowest BCUT2D eigenvalue weighted by atomic mass is 9.95. The first-order valence-corrected chi connectivity index (χ1v) is 9.90. The first-order chi connectivity index (χ1) is 13.2. The van der Waals surface area contributed by atoms with E-state index in [0.29, 0.717) is 11.1 Å². The molecule has 1 aliphatic rings. The number of piperidine rings is 1. The molecule has 27 heavy (non-hydrogen) atoms. The van der Waals surface area contributed by atoms with E-state index in [9.17, 15) is 10.1 Å². The highest BCUT2D eigenvalue weighted by Crippen LogP contribution is 2.26. The highest BCUT2D eigenvalue weighted by atomic mass is 79.9. The first-order valence-electron chi connectivity index (χ1n) is 9.11. The van der Waals surface area contributed by atoms with E-state index in [1.165, 1.54) is 6.42 Å². The van der Waals surface area contributed by atoms with Crippen molar-refractivity contribution >= 4 is 27.3 Å². The van der Waals surface area contributed by atoms with Crippen molar-refractivity contribution in [2.75, 3.05) is 13.1 Å². The van der Waals surface area contributed by atoms with Gasteiger partial charge in [0, 0.05) is 40.5 Å². The fraction of sp³-hybridized carbons (Fsp3) is 0.217. The molecule has 0 radical (unpaired) electrons. The zero-order valence-electron chi connectivity index (χ0n) is 15.1. The van der Waals surface area contributed by atoms with Gasteiger partial charge in [0.25, 0.3) is 0 Å². The molecule has 1 fully saturated rings. The Morgan fingerprint density at radius 1 is 0.963 bits per heavy atom. The molecule has 2 aromatic rings. The summed E-state index contributed by atoms with van der Waals surface area (Å²) in [5.74, 6) is -0.0428. The molecule has 1 aliphatic heterocycles. The zero-order chi connectivity index (χ0) is 19.1. The lowest BCUT2D eigenvalue weighted by Gasteiger charge is -2.29. The van der Waals surface area contributed by atoms with E-state index < -0.39 is 0 Å². The Labute approximate surface area is 168 Å². The second-order valence-electron chi connectivity index (χ2n) is 6.51. The van der Waals surface area contributed by atoms with Gasteiger partial charge in [-0.15, -0.1) is 0 Å². The maximum Gasteiger partial charge on any atom is 0.193 e. The van der Waals surface area contributed by atoms with Gasteiger partial charge in [-0.1, -0.05) is 58.4 Å². The summed E-state index contributed by atoms with van der Waals surface area (Å²) in [4.78, 5) is 15.4. The van der Waals surface area contributed by atoms with Crippen LogP contribution in [0.4, 0.5) is 0 Å². The van der Waals surface area contributed by atoms with Gasteiger partial charge < -0.3 is 4.90 Å². The summed E-state index contributed by atoms with van der Waals surface area (Å²) >= 11 is 3.45. The number of halogens is 1. The zero-order valence-corrected chi connectivity index (χ0v) is 16.7. The quantitative estimate of drug-likeness (QED) is 0.273. The summed E-state index contributed by atoms with van der Waals surface area (Å²) < 4.78 is 0.960. The van der Waals surface area contributed by atoms with Crippen molar-refractivity contribution < 1.29 is 4.79 Å². The number of allylic oxidation sites excluding steroid dienone is 3. The van der Waals surface area contributed by atoms with Crippen molar-refractivity contribution in [3.63, 3.8) is 0 Å². The van der Waals surface area contributed by atoms with E-state index in [1.807, 2.05) is 60.7 Å². The van der Waals surface area contributed by atoms with Crippen LogP contribution >= 0.6 is 15.9 Å². The summed E-state index contributed by atoms with van der Waals surface area (Å²) in [7, 11) is 0. The van der Waals surface area contributed by atoms with E-state index in [0.717, 1.165) is 41.7 Å². The summed E-state index contributed by atoms with van der Waals surface area (Å²) in [6.45, 7) is 1.83. The number of likely N-dealkylation sites (tertiary alicyclic amines) is 1. The maximum absolute atomic E-state index is 13.2. The second-order valence-corrected chi connectivity index (χ2v) is 7.42. The molecule has 3 rings (SSSR count). The van der Waals surface area contributed by atoms with Crippen LogP contribution in [-0.4, -0.2) is 23.8 Å². The predicted molar refractivity (Wildman–Crippen MR) is 112 cm³/mol. The topological polar surface area (TPSA) is 44.1 Å². The van der Waals surface area contributed by atoms with Gasteiger partial charge in [-0.25, -0.2) is 0 Å². The summed E-state index contributed by atoms with van der Waals surface area (Å²) in [6, 6.07) is 19.1. The van der Waals surface area contributed by atoms with Crippen molar-refractivity contribution in [3.05, 3.63) is 88.0 Å². The molecule has 0 amide bonds. The molecule has 136 valence electrons. The normalized spacial score (nSPS) is 15.3. The van der Waals surface area contributed by atoms with Crippen LogP contribution in [0.1, 0.15) is 35.2 Å². The Bertz CT molecular complexity index is 886. The van der Waals surface area contributed by atoms with Crippen molar-refractivity contribution in [3.8, 4) is 6.07 Å². The van der Waals surface area contributed by atoms with Crippen molar-refractivity contribution in [2.45, 2.75) is 19.3 Å². The van der Waals surface area contributed by atoms with E-state index in [4.69, 9.17) is 0 Å². The highest BCUT2D eigenvalue weighted by Gasteiger charge is 2.18. The van der Waals surface area contributed by atoms with Gasteiger partial charge in [0.1, 0.15) is 0 Å². The molecule has 0 aromatic heterocycles. The average molecular weight is 421 g/mol. The lowest BCUT2D eigenvalue weighted by Crippen LogP contribution is -2.28. The minimum Gasteiger partial charge on any atom is -0.371 e. The van der Waals surface area contributed by atoms with Crippen LogP contribution in [0.25, 0.3) is 5.57 Å². The molecule has 0 atom stereocenters. The van der Waals surface area contributed by atoms with E-state index >= 15 is 0 Å². The number of carbonyl (C=O) groups excluding carboxylic acids is 1. The standard InChI is InChI=1S/C23H21BrN2O/c24-20-11-9-18(10-12-20)22(23(27)19-7-3-1-4-8-19)17-21(13-14-25)26-15-5-2-6-16-26/h1,3-4,7-13,17H,2,5-6,15-16H2/b21-13+,22-17+. The first kappa shape index (κ1) is 19.1. The molecule has 2 aromatic carbocycles. The van der Waals surface area contributed by atoms with Crippen molar-refractivity contribution in [1.82, 2.24) is 4.90 Å². The average Bonchev–Trinajstić information content (AvgIpc) is 2.73. The number of nitrogens with zero attached hydrogens (tertiary/aromatic N) is 2. The van der Waals surface area contributed by atoms with Crippen LogP contribution < -0.4 is 0 Å². The van der Waals surface area contributed by atoms with Crippen molar-refractivity contribution in [2.24, 2.45) is 0 Å². The van der Waals surface area contributed by atoms with Gasteiger partial charge in [0.05, 0.1) is 6.07 Å². The van der Waals surface area contributed by atoms with Gasteiger partial charge in [-0.2, -0.15) is 5.26 Å². The monoisotopic (exact) mass is 420 g/mol. The van der Waals surface area contributed by atoms with Crippen molar-refractivity contribution in [1.29, 1.82) is 5.26 Å². The van der Waals surface area contributed by atoms with E-state index in [1.54, 1.807) is 6.08 Å². The largest absolute Gasteiger partial charge is 0.371 e. The summed E-state index contributed by atoms with van der Waals surface area (Å²) in [5, 5.41) is 9.27. The number of hydrogen-bond acceptors (Lipinski definition) is 3. The SMILES string of the molecule is N#C/C=C(\C=C(\C(=O)c1ccccc1)c1ccc(Br)cc1)N1CCCCC1. The predicted octanol–water partition coefficient (Wildman–Crippen LogP) is 5.61. The molecule has 0 bridgehead atoms. The molecular formula is C23H21BrN2O. The molecule has 3 nitrogen and oxygen atoms in total. The van der Waals surface area contributed by atoms with E-state index in [-0.39, 0.29) is 5.78 Å². The Hall–Kier alpha value is -2.64. The smallest absolute Gasteiger partial charge is 0.193 e. The van der Waals surface area contributed by atoms with Crippen LogP contribution in [0, 0.1) is 11.3 Å². The molecule has 1 saturated heterocycles. The third-order valence-electron chi connectivity index (χ3n) is 4.66.